The minimum atomic E-state index is 0. The summed E-state index contributed by atoms with van der Waals surface area (Å²) in [7, 11) is 0. The van der Waals surface area contributed by atoms with Crippen molar-refractivity contribution in [3.8, 4) is 0 Å². The Kier molecular flexibility index (Phi) is 15.3. The van der Waals surface area contributed by atoms with Crippen LogP contribution < -0.4 is 0 Å². The van der Waals surface area contributed by atoms with Crippen LogP contribution in [0.3, 0.4) is 0 Å². The molecular weight excluding hydrogens is 235 g/mol. The number of rotatable bonds is 0. The van der Waals surface area contributed by atoms with Crippen molar-refractivity contribution in [1.29, 1.82) is 0 Å². The highest BCUT2D eigenvalue weighted by atomic mass is 127. The van der Waals surface area contributed by atoms with E-state index in [4.69, 9.17) is 0 Å². The van der Waals surface area contributed by atoms with Crippen LogP contribution in [0.15, 0.2) is 24.3 Å². The van der Waals surface area contributed by atoms with Crippen molar-refractivity contribution in [3.63, 3.8) is 0 Å². The summed E-state index contributed by atoms with van der Waals surface area (Å²) in [5.74, 6) is 0. The van der Waals surface area contributed by atoms with Crippen molar-refractivity contribution in [3.05, 3.63) is 24.3 Å². The maximum absolute atomic E-state index is 2.18. The van der Waals surface area contributed by atoms with Gasteiger partial charge < -0.3 is 0 Å². The Bertz CT molecular complexity index is 80.9. The molecule has 1 aliphatic rings. The third kappa shape index (κ3) is 11.1. The smallest absolute Gasteiger partial charge is 0.0313 e. The van der Waals surface area contributed by atoms with Gasteiger partial charge in [0.05, 0.1) is 0 Å². The molecule has 0 N–H and O–H groups in total. The highest BCUT2D eigenvalue weighted by molar-refractivity contribution is 14.0. The Morgan fingerprint density at radius 3 is 1.40 bits per heavy atom. The van der Waals surface area contributed by atoms with Crippen molar-refractivity contribution in [2.45, 2.75) is 33.1 Å². The van der Waals surface area contributed by atoms with Gasteiger partial charge in [-0.3, -0.25) is 0 Å². The highest BCUT2D eigenvalue weighted by Crippen LogP contribution is 1.98. The van der Waals surface area contributed by atoms with Gasteiger partial charge in [-0.1, -0.05) is 44.6 Å². The predicted molar refractivity (Wildman–Crippen MR) is 58.9 cm³/mol. The second kappa shape index (κ2) is 11.9. The minimum Gasteiger partial charge on any atom is -0.107 e. The average Bonchev–Trinajstić information content (AvgIpc) is 1.93. The summed E-state index contributed by atoms with van der Waals surface area (Å²) in [5.41, 5.74) is 0. The summed E-state index contributed by atoms with van der Waals surface area (Å²) in [6, 6.07) is 0. The molecular formula is C9H17I. The van der Waals surface area contributed by atoms with Crippen molar-refractivity contribution in [2.75, 3.05) is 0 Å². The topological polar surface area (TPSA) is 0 Å². The molecule has 0 fully saturated rings. The molecule has 0 atom stereocenters. The van der Waals surface area contributed by atoms with Gasteiger partial charge in [-0.15, -0.1) is 24.0 Å². The van der Waals surface area contributed by atoms with Gasteiger partial charge in [-0.2, -0.15) is 0 Å². The summed E-state index contributed by atoms with van der Waals surface area (Å²) in [5, 5.41) is 0. The average molecular weight is 252 g/mol. The molecule has 1 aliphatic carbocycles. The lowest BCUT2D eigenvalue weighted by Crippen LogP contribution is -1.67. The van der Waals surface area contributed by atoms with E-state index in [1.807, 2.05) is 0 Å². The number of hydrogen-bond acceptors (Lipinski definition) is 0. The Balaban J connectivity index is 0. The fourth-order valence-electron chi connectivity index (χ4n) is 0.542. The molecule has 0 radical (unpaired) electrons. The van der Waals surface area contributed by atoms with Gasteiger partial charge >= 0.3 is 0 Å². The molecule has 0 amide bonds. The van der Waals surface area contributed by atoms with Crippen LogP contribution in [0.5, 0.6) is 0 Å². The summed E-state index contributed by atoms with van der Waals surface area (Å²) in [6.45, 7) is 4.25. The Labute approximate surface area is 81.4 Å². The van der Waals surface area contributed by atoms with E-state index in [2.05, 4.69) is 38.2 Å². The van der Waals surface area contributed by atoms with E-state index in [0.29, 0.717) is 0 Å². The SMILES string of the molecule is C1=CCCC=C1.CCC.I. The molecule has 0 spiro atoms. The van der Waals surface area contributed by atoms with Crippen LogP contribution >= 0.6 is 24.0 Å². The van der Waals surface area contributed by atoms with Crippen molar-refractivity contribution < 1.29 is 0 Å². The van der Waals surface area contributed by atoms with E-state index < -0.39 is 0 Å². The summed E-state index contributed by atoms with van der Waals surface area (Å²) >= 11 is 0. The van der Waals surface area contributed by atoms with Gasteiger partial charge in [-0.25, -0.2) is 0 Å². The second-order valence-electron chi connectivity index (χ2n) is 2.14. The molecule has 1 rings (SSSR count). The molecule has 0 aromatic heterocycles. The van der Waals surface area contributed by atoms with Crippen LogP contribution in [0.4, 0.5) is 0 Å². The van der Waals surface area contributed by atoms with Crippen LogP contribution in [0.1, 0.15) is 33.1 Å². The van der Waals surface area contributed by atoms with E-state index >= 15 is 0 Å². The van der Waals surface area contributed by atoms with Crippen molar-refractivity contribution >= 4 is 24.0 Å². The fraction of sp³-hybridized carbons (Fsp3) is 0.556. The first-order valence-electron chi connectivity index (χ1n) is 3.73. The molecule has 0 heterocycles. The van der Waals surface area contributed by atoms with Gasteiger partial charge in [0.25, 0.3) is 0 Å². The first-order valence-corrected chi connectivity index (χ1v) is 3.73. The lowest BCUT2D eigenvalue weighted by atomic mass is 10.2. The quantitative estimate of drug-likeness (QED) is 0.573. The van der Waals surface area contributed by atoms with E-state index in [-0.39, 0.29) is 24.0 Å². The van der Waals surface area contributed by atoms with Crippen LogP contribution in [0.2, 0.25) is 0 Å². The molecule has 0 aliphatic heterocycles. The second-order valence-corrected chi connectivity index (χ2v) is 2.14. The molecule has 0 unspecified atom stereocenters. The zero-order chi connectivity index (χ0) is 6.95. The Hall–Kier alpha value is 0.210. The standard InChI is InChI=1S/C6H8.C3H8.HI/c1-2-4-6-5-3-1;1-3-2;/h1-4H,5-6H2;3H2,1-2H3;1H. The molecule has 1 heteroatoms. The number of allylic oxidation sites excluding steroid dienone is 4. The van der Waals surface area contributed by atoms with Crippen molar-refractivity contribution in [2.24, 2.45) is 0 Å². The van der Waals surface area contributed by atoms with Gasteiger partial charge in [0.15, 0.2) is 0 Å². The largest absolute Gasteiger partial charge is 0.107 e. The van der Waals surface area contributed by atoms with Crippen LogP contribution in [-0.2, 0) is 0 Å². The van der Waals surface area contributed by atoms with Gasteiger partial charge in [0, 0.05) is 0 Å². The van der Waals surface area contributed by atoms with E-state index in [9.17, 15) is 0 Å². The molecule has 0 nitrogen and oxygen atoms in total. The molecule has 0 saturated carbocycles. The fourth-order valence-corrected chi connectivity index (χ4v) is 0.542. The molecule has 60 valence electrons. The Morgan fingerprint density at radius 2 is 1.30 bits per heavy atom. The lowest BCUT2D eigenvalue weighted by molar-refractivity contribution is 1.04. The predicted octanol–water partition coefficient (Wildman–Crippen LogP) is 3.93. The van der Waals surface area contributed by atoms with Crippen LogP contribution in [-0.4, -0.2) is 0 Å². The molecule has 0 bridgehead atoms. The van der Waals surface area contributed by atoms with Gasteiger partial charge in [0.1, 0.15) is 0 Å². The van der Waals surface area contributed by atoms with Gasteiger partial charge in [-0.05, 0) is 12.8 Å². The first-order chi connectivity index (χ1) is 4.41. The Morgan fingerprint density at radius 1 is 1.00 bits per heavy atom. The summed E-state index contributed by atoms with van der Waals surface area (Å²) in [4.78, 5) is 0. The van der Waals surface area contributed by atoms with Gasteiger partial charge in [0.2, 0.25) is 0 Å². The lowest BCUT2D eigenvalue weighted by Gasteiger charge is -1.88. The van der Waals surface area contributed by atoms with E-state index in [1.165, 1.54) is 19.3 Å². The third-order valence-electron chi connectivity index (χ3n) is 0.883. The van der Waals surface area contributed by atoms with E-state index in [1.54, 1.807) is 0 Å². The third-order valence-corrected chi connectivity index (χ3v) is 0.883. The maximum atomic E-state index is 2.18. The van der Waals surface area contributed by atoms with Crippen LogP contribution in [0, 0.1) is 0 Å². The first kappa shape index (κ1) is 12.8. The minimum absolute atomic E-state index is 0. The normalized spacial score (nSPS) is 13.0. The summed E-state index contributed by atoms with van der Waals surface area (Å²) in [6.07, 6.45) is 12.2. The molecule has 0 aromatic rings. The monoisotopic (exact) mass is 252 g/mol. The number of hydrogen-bond donors (Lipinski definition) is 0. The number of halogens is 1. The van der Waals surface area contributed by atoms with Crippen molar-refractivity contribution in [1.82, 2.24) is 0 Å². The van der Waals surface area contributed by atoms with E-state index in [0.717, 1.165) is 0 Å². The highest BCUT2D eigenvalue weighted by Gasteiger charge is 1.77. The zero-order valence-corrected chi connectivity index (χ0v) is 9.17. The molecule has 0 aromatic carbocycles. The maximum Gasteiger partial charge on any atom is -0.0313 e. The molecule has 10 heavy (non-hydrogen) atoms. The van der Waals surface area contributed by atoms with Crippen LogP contribution in [0.25, 0.3) is 0 Å². The molecule has 0 saturated heterocycles. The summed E-state index contributed by atoms with van der Waals surface area (Å²) < 4.78 is 0. The zero-order valence-electron chi connectivity index (χ0n) is 6.84.